The van der Waals surface area contributed by atoms with Crippen molar-refractivity contribution < 1.29 is 4.79 Å². The molecule has 0 amide bonds. The van der Waals surface area contributed by atoms with Gasteiger partial charge in [-0.15, -0.1) is 0 Å². The van der Waals surface area contributed by atoms with Gasteiger partial charge in [0, 0.05) is 24.7 Å². The normalized spacial score (nSPS) is 12.9. The molecule has 1 aromatic rings. The second-order valence-electron chi connectivity index (χ2n) is 4.03. The van der Waals surface area contributed by atoms with Gasteiger partial charge in [-0.2, -0.15) is 0 Å². The van der Waals surface area contributed by atoms with E-state index in [1.54, 1.807) is 12.4 Å². The third kappa shape index (κ3) is 2.95. The highest BCUT2D eigenvalue weighted by Crippen LogP contribution is 2.13. The van der Waals surface area contributed by atoms with E-state index in [0.29, 0.717) is 18.1 Å². The molecule has 0 N–H and O–H groups in total. The average Bonchev–Trinajstić information content (AvgIpc) is 2.18. The second-order valence-corrected chi connectivity index (χ2v) is 4.03. The lowest BCUT2D eigenvalue weighted by Gasteiger charge is -2.13. The molecule has 0 aliphatic carbocycles. The molecule has 0 aliphatic rings. The van der Waals surface area contributed by atoms with E-state index in [4.69, 9.17) is 0 Å². The molecule has 1 heterocycles. The first-order valence-corrected chi connectivity index (χ1v) is 5.03. The van der Waals surface area contributed by atoms with Crippen LogP contribution in [0.2, 0.25) is 0 Å². The molecule has 76 valence electrons. The molecule has 1 aromatic heterocycles. The first kappa shape index (κ1) is 10.9. The van der Waals surface area contributed by atoms with Crippen LogP contribution in [0.1, 0.15) is 26.3 Å². The van der Waals surface area contributed by atoms with Crippen molar-refractivity contribution in [2.24, 2.45) is 11.8 Å². The molecule has 0 saturated carbocycles. The number of carbonyl (C=O) groups is 1. The van der Waals surface area contributed by atoms with Crippen LogP contribution in [0.15, 0.2) is 24.5 Å². The van der Waals surface area contributed by atoms with Crippen molar-refractivity contribution >= 4 is 5.78 Å². The monoisotopic (exact) mass is 191 g/mol. The van der Waals surface area contributed by atoms with E-state index in [1.165, 1.54) is 0 Å². The Morgan fingerprint density at radius 2 is 1.86 bits per heavy atom. The highest BCUT2D eigenvalue weighted by molar-refractivity contribution is 5.83. The number of aromatic nitrogens is 1. The highest BCUT2D eigenvalue weighted by atomic mass is 16.1. The van der Waals surface area contributed by atoms with Crippen LogP contribution in [0, 0.1) is 11.8 Å². The Labute approximate surface area is 85.4 Å². The number of Topliss-reactive ketones (excluding diaryl/α,β-unsaturated/α-hetero) is 1. The van der Waals surface area contributed by atoms with Gasteiger partial charge in [0.1, 0.15) is 5.78 Å². The van der Waals surface area contributed by atoms with Crippen LogP contribution in [0.25, 0.3) is 0 Å². The Balaban J connectivity index is 2.58. The number of rotatable bonds is 4. The largest absolute Gasteiger partial charge is 0.299 e. The van der Waals surface area contributed by atoms with Crippen LogP contribution in [0.3, 0.4) is 0 Å². The van der Waals surface area contributed by atoms with Crippen molar-refractivity contribution in [1.29, 1.82) is 0 Å². The molecule has 0 saturated heterocycles. The molecule has 0 radical (unpaired) electrons. The zero-order chi connectivity index (χ0) is 10.6. The Kier molecular flexibility index (Phi) is 3.81. The molecule has 2 heteroatoms. The highest BCUT2D eigenvalue weighted by Gasteiger charge is 2.16. The van der Waals surface area contributed by atoms with Gasteiger partial charge in [0.25, 0.3) is 0 Å². The summed E-state index contributed by atoms with van der Waals surface area (Å²) in [5.41, 5.74) is 1.05. The Bertz CT molecular complexity index is 292. The number of pyridine rings is 1. The fourth-order valence-electron chi connectivity index (χ4n) is 1.23. The molecule has 0 aliphatic heterocycles. The molecule has 1 unspecified atom stereocenters. The minimum Gasteiger partial charge on any atom is -0.299 e. The maximum absolute atomic E-state index is 11.7. The molecule has 0 bridgehead atoms. The molecule has 14 heavy (non-hydrogen) atoms. The van der Waals surface area contributed by atoms with Gasteiger partial charge in [-0.05, 0) is 23.6 Å². The van der Waals surface area contributed by atoms with Gasteiger partial charge in [-0.3, -0.25) is 9.78 Å². The third-order valence-electron chi connectivity index (χ3n) is 2.64. The van der Waals surface area contributed by atoms with Gasteiger partial charge in [0.2, 0.25) is 0 Å². The topological polar surface area (TPSA) is 30.0 Å². The standard InChI is InChI=1S/C12H17NO/c1-9(2)10(3)12(14)8-11-4-6-13-7-5-11/h4-7,9-10H,8H2,1-3H3. The average molecular weight is 191 g/mol. The fourth-order valence-corrected chi connectivity index (χ4v) is 1.23. The molecule has 1 atom stereocenters. The van der Waals surface area contributed by atoms with E-state index in [-0.39, 0.29) is 5.92 Å². The second kappa shape index (κ2) is 4.89. The Morgan fingerprint density at radius 1 is 1.29 bits per heavy atom. The SMILES string of the molecule is CC(C)C(C)C(=O)Cc1ccncc1. The maximum atomic E-state index is 11.7. The van der Waals surface area contributed by atoms with Crippen LogP contribution in [0.5, 0.6) is 0 Å². The molecule has 2 nitrogen and oxygen atoms in total. The molecule has 0 aromatic carbocycles. The minimum atomic E-state index is 0.142. The van der Waals surface area contributed by atoms with Gasteiger partial charge >= 0.3 is 0 Å². The first-order valence-electron chi connectivity index (χ1n) is 5.03. The van der Waals surface area contributed by atoms with Crippen molar-refractivity contribution in [3.63, 3.8) is 0 Å². The third-order valence-corrected chi connectivity index (χ3v) is 2.64. The lowest BCUT2D eigenvalue weighted by atomic mass is 9.90. The zero-order valence-corrected chi connectivity index (χ0v) is 9.03. The number of hydrogen-bond acceptors (Lipinski definition) is 2. The van der Waals surface area contributed by atoms with Crippen molar-refractivity contribution in [3.05, 3.63) is 30.1 Å². The van der Waals surface area contributed by atoms with Crippen molar-refractivity contribution in [3.8, 4) is 0 Å². The summed E-state index contributed by atoms with van der Waals surface area (Å²) in [5, 5.41) is 0. The van der Waals surface area contributed by atoms with Gasteiger partial charge < -0.3 is 0 Å². The molecular formula is C12H17NO. The summed E-state index contributed by atoms with van der Waals surface area (Å²) in [6.07, 6.45) is 3.98. The number of nitrogens with zero attached hydrogens (tertiary/aromatic N) is 1. The maximum Gasteiger partial charge on any atom is 0.140 e. The predicted molar refractivity (Wildman–Crippen MR) is 57.0 cm³/mol. The fraction of sp³-hybridized carbons (Fsp3) is 0.500. The predicted octanol–water partition coefficient (Wildman–Crippen LogP) is 2.49. The van der Waals surface area contributed by atoms with E-state index in [2.05, 4.69) is 18.8 Å². The van der Waals surface area contributed by atoms with Crippen molar-refractivity contribution in [1.82, 2.24) is 4.98 Å². The van der Waals surface area contributed by atoms with Gasteiger partial charge in [-0.25, -0.2) is 0 Å². The lowest BCUT2D eigenvalue weighted by molar-refractivity contribution is -0.122. The molecule has 1 rings (SSSR count). The van der Waals surface area contributed by atoms with Crippen LogP contribution < -0.4 is 0 Å². The summed E-state index contributed by atoms with van der Waals surface area (Å²) in [4.78, 5) is 15.7. The van der Waals surface area contributed by atoms with Crippen LogP contribution in [0.4, 0.5) is 0 Å². The summed E-state index contributed by atoms with van der Waals surface area (Å²) in [7, 11) is 0. The first-order chi connectivity index (χ1) is 6.61. The quantitative estimate of drug-likeness (QED) is 0.731. The number of hydrogen-bond donors (Lipinski definition) is 0. The number of ketones is 1. The molecule has 0 fully saturated rings. The van der Waals surface area contributed by atoms with Crippen LogP contribution in [-0.2, 0) is 11.2 Å². The summed E-state index contributed by atoms with van der Waals surface area (Å²) in [6, 6.07) is 3.79. The van der Waals surface area contributed by atoms with Gasteiger partial charge in [-0.1, -0.05) is 20.8 Å². The van der Waals surface area contributed by atoms with Gasteiger partial charge in [0.05, 0.1) is 0 Å². The molecule has 0 spiro atoms. The summed E-state index contributed by atoms with van der Waals surface area (Å²) >= 11 is 0. The minimum absolute atomic E-state index is 0.142. The van der Waals surface area contributed by atoms with E-state index >= 15 is 0 Å². The van der Waals surface area contributed by atoms with E-state index in [9.17, 15) is 4.79 Å². The zero-order valence-electron chi connectivity index (χ0n) is 9.03. The lowest BCUT2D eigenvalue weighted by Crippen LogP contribution is -2.18. The van der Waals surface area contributed by atoms with Gasteiger partial charge in [0.15, 0.2) is 0 Å². The van der Waals surface area contributed by atoms with Crippen molar-refractivity contribution in [2.45, 2.75) is 27.2 Å². The Hall–Kier alpha value is -1.18. The van der Waals surface area contributed by atoms with Crippen molar-refractivity contribution in [2.75, 3.05) is 0 Å². The van der Waals surface area contributed by atoms with Crippen LogP contribution in [-0.4, -0.2) is 10.8 Å². The number of carbonyl (C=O) groups excluding carboxylic acids is 1. The van der Waals surface area contributed by atoms with E-state index in [0.717, 1.165) is 5.56 Å². The van der Waals surface area contributed by atoms with E-state index in [1.807, 2.05) is 19.1 Å². The van der Waals surface area contributed by atoms with E-state index < -0.39 is 0 Å². The van der Waals surface area contributed by atoms with Crippen LogP contribution >= 0.6 is 0 Å². The summed E-state index contributed by atoms with van der Waals surface area (Å²) in [5.74, 6) is 0.874. The summed E-state index contributed by atoms with van der Waals surface area (Å²) < 4.78 is 0. The Morgan fingerprint density at radius 3 is 2.36 bits per heavy atom. The smallest absolute Gasteiger partial charge is 0.140 e. The molecular weight excluding hydrogens is 174 g/mol. The summed E-state index contributed by atoms with van der Waals surface area (Å²) in [6.45, 7) is 6.15.